The summed E-state index contributed by atoms with van der Waals surface area (Å²) in [5.74, 6) is -2.35. The molecule has 8 heteroatoms. The molecule has 244 valence electrons. The lowest BCUT2D eigenvalue weighted by Crippen LogP contribution is -2.57. The van der Waals surface area contributed by atoms with Crippen molar-refractivity contribution in [3.05, 3.63) is 60.7 Å². The molecule has 1 aliphatic heterocycles. The van der Waals surface area contributed by atoms with Crippen molar-refractivity contribution in [1.29, 1.82) is 0 Å². The molecule has 5 atom stereocenters. The van der Waals surface area contributed by atoms with Gasteiger partial charge in [-0.1, -0.05) is 50.3 Å². The third-order valence-corrected chi connectivity index (χ3v) is 9.94. The van der Waals surface area contributed by atoms with Crippen molar-refractivity contribution in [1.82, 2.24) is 10.2 Å². The number of allylic oxidation sites excluding steroid dienone is 2. The number of amides is 2. The Morgan fingerprint density at radius 2 is 1.67 bits per heavy atom. The first-order chi connectivity index (χ1) is 21.2. The number of piperidine rings is 1. The molecule has 2 fully saturated rings. The smallest absolute Gasteiger partial charge is 0.408 e. The molecule has 1 N–H and O–H groups in total. The van der Waals surface area contributed by atoms with E-state index in [-0.39, 0.29) is 47.7 Å². The minimum Gasteiger partial charge on any atom is -0.444 e. The molecule has 0 aromatic heterocycles. The first-order valence-corrected chi connectivity index (χ1v) is 16.4. The summed E-state index contributed by atoms with van der Waals surface area (Å²) in [4.78, 5) is 69.4. The van der Waals surface area contributed by atoms with Gasteiger partial charge in [0.15, 0.2) is 11.6 Å². The maximum absolute atomic E-state index is 14.5. The SMILES string of the molecule is C=CCCCC(=O)C(=O)C(CCC=C)CC(=O)[C@@H]1[C@@H]2[C@H](CN1C(=O)[C@@H](NC(=O)OC(C)(C)C)C1Cc3ccccc3C1)C2(C)C. The number of Topliss-reactive ketones (excluding diaryl/α,β-unsaturated/α-hetero) is 3. The van der Waals surface area contributed by atoms with E-state index in [9.17, 15) is 24.0 Å². The van der Waals surface area contributed by atoms with Crippen molar-refractivity contribution in [2.24, 2.45) is 29.1 Å². The van der Waals surface area contributed by atoms with E-state index < -0.39 is 41.3 Å². The fourth-order valence-corrected chi connectivity index (χ4v) is 7.47. The Kier molecular flexibility index (Phi) is 10.6. The number of alkyl carbamates (subject to hydrolysis) is 1. The average molecular weight is 619 g/mol. The maximum atomic E-state index is 14.5. The van der Waals surface area contributed by atoms with E-state index >= 15 is 0 Å². The van der Waals surface area contributed by atoms with Gasteiger partial charge in [0, 0.05) is 25.3 Å². The molecule has 3 aliphatic rings. The number of fused-ring (bicyclic) bond motifs is 2. The number of ether oxygens (including phenoxy) is 1. The van der Waals surface area contributed by atoms with Crippen LogP contribution in [0.15, 0.2) is 49.6 Å². The quantitative estimate of drug-likeness (QED) is 0.151. The van der Waals surface area contributed by atoms with E-state index in [0.29, 0.717) is 45.1 Å². The molecule has 2 amide bonds. The van der Waals surface area contributed by atoms with Gasteiger partial charge >= 0.3 is 6.09 Å². The van der Waals surface area contributed by atoms with Crippen molar-refractivity contribution in [2.45, 2.75) is 104 Å². The van der Waals surface area contributed by atoms with E-state index in [0.717, 1.165) is 11.1 Å². The number of nitrogens with one attached hydrogen (secondary N) is 1. The van der Waals surface area contributed by atoms with Crippen molar-refractivity contribution in [2.75, 3.05) is 6.54 Å². The Hall–Kier alpha value is -3.55. The molecule has 1 unspecified atom stereocenters. The van der Waals surface area contributed by atoms with E-state index in [2.05, 4.69) is 32.3 Å². The molecular formula is C37H50N2O6. The first kappa shape index (κ1) is 34.3. The molecule has 1 saturated carbocycles. The molecule has 0 radical (unpaired) electrons. The Morgan fingerprint density at radius 3 is 2.24 bits per heavy atom. The van der Waals surface area contributed by atoms with Crippen LogP contribution in [0, 0.1) is 29.1 Å². The maximum Gasteiger partial charge on any atom is 0.408 e. The summed E-state index contributed by atoms with van der Waals surface area (Å²) in [5.41, 5.74) is 1.41. The van der Waals surface area contributed by atoms with Crippen molar-refractivity contribution < 1.29 is 28.7 Å². The number of carbonyl (C=O) groups excluding carboxylic acids is 5. The van der Waals surface area contributed by atoms with Crippen LogP contribution in [-0.2, 0) is 36.8 Å². The Labute approximate surface area is 268 Å². The van der Waals surface area contributed by atoms with Crippen LogP contribution in [-0.4, -0.2) is 58.5 Å². The summed E-state index contributed by atoms with van der Waals surface area (Å²) in [6, 6.07) is 6.43. The fourth-order valence-electron chi connectivity index (χ4n) is 7.47. The molecule has 1 aromatic rings. The number of hydrogen-bond donors (Lipinski definition) is 1. The van der Waals surface area contributed by atoms with Crippen LogP contribution in [0.1, 0.15) is 84.3 Å². The highest BCUT2D eigenvalue weighted by Gasteiger charge is 2.69. The van der Waals surface area contributed by atoms with Gasteiger partial charge in [-0.2, -0.15) is 0 Å². The minimum atomic E-state index is -0.882. The monoisotopic (exact) mass is 618 g/mol. The van der Waals surface area contributed by atoms with Crippen molar-refractivity contribution in [3.63, 3.8) is 0 Å². The molecule has 2 aliphatic carbocycles. The number of likely N-dealkylation sites (tertiary alicyclic amines) is 1. The lowest BCUT2D eigenvalue weighted by molar-refractivity contribution is -0.144. The molecular weight excluding hydrogens is 568 g/mol. The summed E-state index contributed by atoms with van der Waals surface area (Å²) < 4.78 is 5.56. The number of benzene rings is 1. The third kappa shape index (κ3) is 7.82. The Morgan fingerprint density at radius 1 is 1.04 bits per heavy atom. The number of nitrogens with zero attached hydrogens (tertiary/aromatic N) is 1. The highest BCUT2D eigenvalue weighted by Crippen LogP contribution is 2.65. The summed E-state index contributed by atoms with van der Waals surface area (Å²) in [7, 11) is 0. The predicted octanol–water partition coefficient (Wildman–Crippen LogP) is 5.81. The van der Waals surface area contributed by atoms with Gasteiger partial charge in [-0.3, -0.25) is 19.2 Å². The second kappa shape index (κ2) is 13.8. The van der Waals surface area contributed by atoms with Crippen LogP contribution in [0.2, 0.25) is 0 Å². The molecule has 45 heavy (non-hydrogen) atoms. The van der Waals surface area contributed by atoms with Gasteiger partial charge < -0.3 is 15.0 Å². The zero-order valence-electron chi connectivity index (χ0n) is 27.6. The predicted molar refractivity (Wildman–Crippen MR) is 173 cm³/mol. The van der Waals surface area contributed by atoms with Gasteiger partial charge in [0.05, 0.1) is 6.04 Å². The number of hydrogen-bond acceptors (Lipinski definition) is 6. The number of ketones is 3. The lowest BCUT2D eigenvalue weighted by Gasteiger charge is -2.35. The summed E-state index contributed by atoms with van der Waals surface area (Å²) in [6.45, 7) is 17.4. The molecule has 0 spiro atoms. The largest absolute Gasteiger partial charge is 0.444 e. The lowest BCUT2D eigenvalue weighted by atomic mass is 9.85. The van der Waals surface area contributed by atoms with Crippen LogP contribution in [0.5, 0.6) is 0 Å². The summed E-state index contributed by atoms with van der Waals surface area (Å²) in [6.07, 6.45) is 6.02. The van der Waals surface area contributed by atoms with Crippen LogP contribution < -0.4 is 5.32 Å². The second-order valence-corrected chi connectivity index (χ2v) is 14.7. The van der Waals surface area contributed by atoms with Crippen LogP contribution in [0.4, 0.5) is 4.79 Å². The van der Waals surface area contributed by atoms with Gasteiger partial charge in [-0.05, 0) is 93.6 Å². The zero-order valence-corrected chi connectivity index (χ0v) is 27.6. The van der Waals surface area contributed by atoms with Crippen molar-refractivity contribution in [3.8, 4) is 0 Å². The van der Waals surface area contributed by atoms with Gasteiger partial charge in [0.1, 0.15) is 11.6 Å². The first-order valence-electron chi connectivity index (χ1n) is 16.4. The Bertz CT molecular complexity index is 1320. The molecule has 8 nitrogen and oxygen atoms in total. The molecule has 1 heterocycles. The molecule has 0 bridgehead atoms. The number of rotatable bonds is 15. The number of unbranched alkanes of at least 4 members (excludes halogenated alkanes) is 1. The van der Waals surface area contributed by atoms with Crippen LogP contribution in [0.25, 0.3) is 0 Å². The highest BCUT2D eigenvalue weighted by atomic mass is 16.6. The molecule has 1 saturated heterocycles. The van der Waals surface area contributed by atoms with E-state index in [1.807, 2.05) is 24.3 Å². The minimum absolute atomic E-state index is 0.0460. The van der Waals surface area contributed by atoms with E-state index in [4.69, 9.17) is 4.74 Å². The molecule has 1 aromatic carbocycles. The number of carbonyl (C=O) groups is 5. The van der Waals surface area contributed by atoms with E-state index in [1.54, 1.807) is 37.8 Å². The highest BCUT2D eigenvalue weighted by molar-refractivity contribution is 6.38. The normalized spacial score (nSPS) is 22.9. The van der Waals surface area contributed by atoms with Gasteiger partial charge in [0.25, 0.3) is 0 Å². The van der Waals surface area contributed by atoms with Gasteiger partial charge in [0.2, 0.25) is 11.7 Å². The molecule has 4 rings (SSSR count). The zero-order chi connectivity index (χ0) is 33.1. The van der Waals surface area contributed by atoms with Crippen molar-refractivity contribution >= 4 is 29.4 Å². The second-order valence-electron chi connectivity index (χ2n) is 14.7. The van der Waals surface area contributed by atoms with Crippen LogP contribution in [0.3, 0.4) is 0 Å². The summed E-state index contributed by atoms with van der Waals surface area (Å²) in [5, 5.41) is 2.88. The third-order valence-electron chi connectivity index (χ3n) is 9.94. The van der Waals surface area contributed by atoms with Gasteiger partial charge in [-0.15, -0.1) is 13.2 Å². The van der Waals surface area contributed by atoms with Crippen LogP contribution >= 0.6 is 0 Å². The summed E-state index contributed by atoms with van der Waals surface area (Å²) >= 11 is 0. The van der Waals surface area contributed by atoms with Gasteiger partial charge in [-0.25, -0.2) is 4.79 Å². The fraction of sp³-hybridized carbons (Fsp3) is 0.595. The van der Waals surface area contributed by atoms with E-state index in [1.165, 1.54) is 0 Å². The topological polar surface area (TPSA) is 110 Å². The standard InChI is InChI=1S/C37H50N2O6/c1-8-10-12-18-28(40)33(42)25(15-11-9-2)21-29(41)32-30-27(37(30,6)7)22-39(32)34(43)31(38-35(44)45-36(3,4)5)26-19-23-16-13-14-17-24(23)20-26/h8-9,13-14,16-17,25-27,30-32H,1-2,10-12,15,18-22H2,3-7H3,(H,38,44)/t25?,27-,30-,31-,32+/m0/s1. The average Bonchev–Trinajstić information content (AvgIpc) is 3.34. The Balaban J connectivity index is 1.58.